The van der Waals surface area contributed by atoms with Crippen LogP contribution in [0.25, 0.3) is 0 Å². The van der Waals surface area contributed by atoms with E-state index in [2.05, 4.69) is 35.0 Å². The second kappa shape index (κ2) is 5.66. The Morgan fingerprint density at radius 3 is 2.53 bits per heavy atom. The molecule has 0 bridgehead atoms. The highest BCUT2D eigenvalue weighted by Gasteiger charge is 2.24. The molecule has 1 nitrogen and oxygen atoms in total. The van der Waals surface area contributed by atoms with Gasteiger partial charge in [0.05, 0.1) is 0 Å². The van der Waals surface area contributed by atoms with Gasteiger partial charge in [0.25, 0.3) is 0 Å². The maximum atomic E-state index is 6.51. The molecule has 0 spiro atoms. The van der Waals surface area contributed by atoms with Crippen LogP contribution < -0.4 is 5.73 Å². The Hall–Kier alpha value is -0.830. The molecule has 0 heterocycles. The molecule has 2 aromatic carbocycles. The van der Waals surface area contributed by atoms with E-state index in [1.165, 1.54) is 5.56 Å². The minimum atomic E-state index is -0.428. The molecule has 2 aromatic rings. The lowest BCUT2D eigenvalue weighted by Gasteiger charge is -2.27. The predicted octanol–water partition coefficient (Wildman–Crippen LogP) is 4.83. The average molecular weight is 339 g/mol. The van der Waals surface area contributed by atoms with Gasteiger partial charge in [-0.25, -0.2) is 0 Å². The molecule has 3 heteroatoms. The lowest BCUT2D eigenvalue weighted by Crippen LogP contribution is -2.36. The number of nitrogens with two attached hydrogens (primary N) is 1. The second-order valence-electron chi connectivity index (χ2n) is 5.14. The molecule has 100 valence electrons. The molecule has 0 radical (unpaired) electrons. The third-order valence-corrected chi connectivity index (χ3v) is 4.18. The molecule has 2 N–H and O–H groups in total. The lowest BCUT2D eigenvalue weighted by molar-refractivity contribution is 0.488. The summed E-state index contributed by atoms with van der Waals surface area (Å²) in [6.07, 6.45) is 0.712. The Bertz CT molecular complexity index is 593. The summed E-state index contributed by atoms with van der Waals surface area (Å²) in [5, 5.41) is 0.750. The largest absolute Gasteiger partial charge is 0.321 e. The lowest BCUT2D eigenvalue weighted by atomic mass is 9.84. The normalized spacial score (nSPS) is 14.2. The number of halogens is 2. The van der Waals surface area contributed by atoms with Gasteiger partial charge in [0.15, 0.2) is 0 Å². The van der Waals surface area contributed by atoms with E-state index in [0.717, 1.165) is 20.6 Å². The maximum Gasteiger partial charge on any atom is 0.0450 e. The summed E-state index contributed by atoms with van der Waals surface area (Å²) in [6, 6.07) is 14.2. The zero-order chi connectivity index (χ0) is 14.0. The molecule has 0 saturated carbocycles. The first-order valence-electron chi connectivity index (χ1n) is 6.19. The van der Waals surface area contributed by atoms with E-state index in [0.29, 0.717) is 6.42 Å². The van der Waals surface area contributed by atoms with Crippen molar-refractivity contribution in [2.75, 3.05) is 0 Å². The van der Waals surface area contributed by atoms with E-state index >= 15 is 0 Å². The summed E-state index contributed by atoms with van der Waals surface area (Å²) in [6.45, 7) is 4.14. The highest BCUT2D eigenvalue weighted by atomic mass is 79.9. The van der Waals surface area contributed by atoms with Crippen molar-refractivity contribution in [3.05, 3.63) is 68.7 Å². The van der Waals surface area contributed by atoms with Crippen LogP contribution in [-0.4, -0.2) is 0 Å². The zero-order valence-electron chi connectivity index (χ0n) is 11.1. The first kappa shape index (κ1) is 14.6. The molecule has 0 aliphatic rings. The fourth-order valence-corrected chi connectivity index (χ4v) is 3.11. The highest BCUT2D eigenvalue weighted by Crippen LogP contribution is 2.29. The van der Waals surface area contributed by atoms with Gasteiger partial charge in [-0.15, -0.1) is 0 Å². The Labute approximate surface area is 127 Å². The second-order valence-corrected chi connectivity index (χ2v) is 6.47. The number of hydrogen-bond acceptors (Lipinski definition) is 1. The van der Waals surface area contributed by atoms with Crippen molar-refractivity contribution in [3.8, 4) is 0 Å². The van der Waals surface area contributed by atoms with Crippen LogP contribution >= 0.6 is 27.5 Å². The van der Waals surface area contributed by atoms with Crippen molar-refractivity contribution < 1.29 is 0 Å². The Morgan fingerprint density at radius 2 is 1.89 bits per heavy atom. The standard InChI is InChI=1S/C16H17BrClN/c1-11-5-3-4-6-14(11)16(2,19)10-12-7-8-13(17)9-15(12)18/h3-9H,10,19H2,1-2H3. The van der Waals surface area contributed by atoms with Crippen LogP contribution in [0.3, 0.4) is 0 Å². The Morgan fingerprint density at radius 1 is 1.21 bits per heavy atom. The van der Waals surface area contributed by atoms with Crippen LogP contribution in [0.4, 0.5) is 0 Å². The monoisotopic (exact) mass is 337 g/mol. The summed E-state index contributed by atoms with van der Waals surface area (Å²) in [5.41, 5.74) is 9.52. The van der Waals surface area contributed by atoms with Crippen LogP contribution in [-0.2, 0) is 12.0 Å². The number of benzene rings is 2. The highest BCUT2D eigenvalue weighted by molar-refractivity contribution is 9.10. The van der Waals surface area contributed by atoms with Gasteiger partial charge in [-0.2, -0.15) is 0 Å². The van der Waals surface area contributed by atoms with E-state index in [1.807, 2.05) is 37.3 Å². The van der Waals surface area contributed by atoms with Gasteiger partial charge >= 0.3 is 0 Å². The molecular weight excluding hydrogens is 322 g/mol. The predicted molar refractivity (Wildman–Crippen MR) is 85.6 cm³/mol. The average Bonchev–Trinajstić information content (AvgIpc) is 2.33. The van der Waals surface area contributed by atoms with Crippen LogP contribution in [0.2, 0.25) is 5.02 Å². The first-order valence-corrected chi connectivity index (χ1v) is 7.36. The number of rotatable bonds is 3. The third kappa shape index (κ3) is 3.38. The fraction of sp³-hybridized carbons (Fsp3) is 0.250. The quantitative estimate of drug-likeness (QED) is 0.852. The van der Waals surface area contributed by atoms with Crippen LogP contribution in [0.15, 0.2) is 46.9 Å². The van der Waals surface area contributed by atoms with Crippen LogP contribution in [0.5, 0.6) is 0 Å². The van der Waals surface area contributed by atoms with E-state index < -0.39 is 5.54 Å². The van der Waals surface area contributed by atoms with E-state index in [9.17, 15) is 0 Å². The van der Waals surface area contributed by atoms with Gasteiger partial charge in [0.2, 0.25) is 0 Å². The van der Waals surface area contributed by atoms with E-state index in [-0.39, 0.29) is 0 Å². The molecule has 0 aromatic heterocycles. The SMILES string of the molecule is Cc1ccccc1C(C)(N)Cc1ccc(Br)cc1Cl. The van der Waals surface area contributed by atoms with E-state index in [4.69, 9.17) is 17.3 Å². The smallest absolute Gasteiger partial charge is 0.0450 e. The minimum absolute atomic E-state index is 0.428. The van der Waals surface area contributed by atoms with Gasteiger partial charge in [0, 0.05) is 15.0 Å². The molecular formula is C16H17BrClN. The molecule has 0 aliphatic carbocycles. The first-order chi connectivity index (χ1) is 8.90. The van der Waals surface area contributed by atoms with Crippen molar-refractivity contribution in [1.82, 2.24) is 0 Å². The molecule has 1 atom stereocenters. The Balaban J connectivity index is 2.33. The van der Waals surface area contributed by atoms with Crippen molar-refractivity contribution in [3.63, 3.8) is 0 Å². The molecule has 0 aliphatic heterocycles. The molecule has 0 amide bonds. The fourth-order valence-electron chi connectivity index (χ4n) is 2.37. The van der Waals surface area contributed by atoms with E-state index in [1.54, 1.807) is 0 Å². The van der Waals surface area contributed by atoms with Crippen molar-refractivity contribution in [2.24, 2.45) is 5.73 Å². The molecule has 2 rings (SSSR count). The molecule has 1 unspecified atom stereocenters. The van der Waals surface area contributed by atoms with Gasteiger partial charge in [-0.3, -0.25) is 0 Å². The molecule has 0 fully saturated rings. The van der Waals surface area contributed by atoms with Gasteiger partial charge in [0.1, 0.15) is 0 Å². The van der Waals surface area contributed by atoms with Crippen LogP contribution in [0, 0.1) is 6.92 Å². The van der Waals surface area contributed by atoms with Gasteiger partial charge in [-0.1, -0.05) is 57.9 Å². The van der Waals surface area contributed by atoms with Gasteiger partial charge in [-0.05, 0) is 49.1 Å². The topological polar surface area (TPSA) is 26.0 Å². The van der Waals surface area contributed by atoms with Crippen molar-refractivity contribution >= 4 is 27.5 Å². The number of aryl methyl sites for hydroxylation is 1. The van der Waals surface area contributed by atoms with Gasteiger partial charge < -0.3 is 5.73 Å². The zero-order valence-corrected chi connectivity index (χ0v) is 13.4. The summed E-state index contributed by atoms with van der Waals surface area (Å²) in [5.74, 6) is 0. The summed E-state index contributed by atoms with van der Waals surface area (Å²) >= 11 is 9.69. The summed E-state index contributed by atoms with van der Waals surface area (Å²) in [4.78, 5) is 0. The number of hydrogen-bond donors (Lipinski definition) is 1. The molecule has 0 saturated heterocycles. The maximum absolute atomic E-state index is 6.51. The Kier molecular flexibility index (Phi) is 4.34. The summed E-state index contributed by atoms with van der Waals surface area (Å²) in [7, 11) is 0. The third-order valence-electron chi connectivity index (χ3n) is 3.33. The van der Waals surface area contributed by atoms with Crippen LogP contribution in [0.1, 0.15) is 23.6 Å². The summed E-state index contributed by atoms with van der Waals surface area (Å²) < 4.78 is 0.982. The minimum Gasteiger partial charge on any atom is -0.321 e. The van der Waals surface area contributed by atoms with Crippen molar-refractivity contribution in [1.29, 1.82) is 0 Å². The molecule has 19 heavy (non-hydrogen) atoms. The van der Waals surface area contributed by atoms with Crippen molar-refractivity contribution in [2.45, 2.75) is 25.8 Å².